The minimum Gasteiger partial charge on any atom is -0.369 e. The minimum atomic E-state index is -0.650. The van der Waals surface area contributed by atoms with Crippen molar-refractivity contribution in [3.8, 4) is 17.3 Å². The molecule has 8 nitrogen and oxygen atoms in total. The molecule has 0 bridgehead atoms. The Balaban J connectivity index is 2.62. The van der Waals surface area contributed by atoms with Crippen molar-refractivity contribution in [1.82, 2.24) is 9.97 Å². The summed E-state index contributed by atoms with van der Waals surface area (Å²) in [5, 5.41) is 19.5. The van der Waals surface area contributed by atoms with Crippen LogP contribution in [-0.4, -0.2) is 14.9 Å². The van der Waals surface area contributed by atoms with Crippen molar-refractivity contribution in [1.29, 1.82) is 5.26 Å². The highest BCUT2D eigenvalue weighted by Gasteiger charge is 2.13. The van der Waals surface area contributed by atoms with Crippen LogP contribution < -0.4 is 11.3 Å². The molecule has 0 saturated heterocycles. The van der Waals surface area contributed by atoms with Crippen LogP contribution in [0.2, 0.25) is 0 Å². The number of hydrogen-bond acceptors (Lipinski definition) is 6. The van der Waals surface area contributed by atoms with Gasteiger partial charge in [0.1, 0.15) is 11.6 Å². The van der Waals surface area contributed by atoms with Gasteiger partial charge in [-0.05, 0) is 12.1 Å². The summed E-state index contributed by atoms with van der Waals surface area (Å²) >= 11 is 0. The Labute approximate surface area is 106 Å². The molecule has 2 rings (SSSR count). The lowest BCUT2D eigenvalue weighted by Crippen LogP contribution is -2.16. The summed E-state index contributed by atoms with van der Waals surface area (Å²) in [4.78, 5) is 27.6. The number of nitrogens with one attached hydrogen (secondary N) is 1. The lowest BCUT2D eigenvalue weighted by Gasteiger charge is -2.03. The normalized spacial score (nSPS) is 9.84. The first-order valence-electron chi connectivity index (χ1n) is 5.07. The van der Waals surface area contributed by atoms with E-state index in [1.54, 1.807) is 6.07 Å². The van der Waals surface area contributed by atoms with Crippen molar-refractivity contribution in [3.63, 3.8) is 0 Å². The third kappa shape index (κ3) is 2.25. The van der Waals surface area contributed by atoms with Crippen LogP contribution in [0.3, 0.4) is 0 Å². The molecular weight excluding hydrogens is 250 g/mol. The van der Waals surface area contributed by atoms with E-state index in [2.05, 4.69) is 9.97 Å². The van der Waals surface area contributed by atoms with Crippen LogP contribution in [0.15, 0.2) is 29.1 Å². The van der Waals surface area contributed by atoms with Crippen molar-refractivity contribution in [2.24, 2.45) is 0 Å². The van der Waals surface area contributed by atoms with Crippen LogP contribution in [0.5, 0.6) is 0 Å². The molecule has 0 aliphatic rings. The average Bonchev–Trinajstić information content (AvgIpc) is 2.38. The van der Waals surface area contributed by atoms with E-state index in [1.807, 2.05) is 0 Å². The molecule has 3 N–H and O–H groups in total. The molecular formula is C11H7N5O3. The molecule has 2 aromatic rings. The number of nitrogen functional groups attached to an aromatic ring is 1. The van der Waals surface area contributed by atoms with Crippen LogP contribution >= 0.6 is 0 Å². The number of hydrogen-bond donors (Lipinski definition) is 2. The maximum Gasteiger partial charge on any atom is 0.270 e. The van der Waals surface area contributed by atoms with Gasteiger partial charge < -0.3 is 5.73 Å². The number of aromatic nitrogens is 2. The fourth-order valence-corrected chi connectivity index (χ4v) is 1.54. The number of anilines is 1. The molecule has 1 aromatic carbocycles. The summed E-state index contributed by atoms with van der Waals surface area (Å²) in [5.41, 5.74) is 4.97. The smallest absolute Gasteiger partial charge is 0.270 e. The fraction of sp³-hybridized carbons (Fsp3) is 0. The first kappa shape index (κ1) is 12.3. The largest absolute Gasteiger partial charge is 0.369 e. The van der Waals surface area contributed by atoms with Gasteiger partial charge in [-0.1, -0.05) is 0 Å². The Morgan fingerprint density at radius 2 is 2.00 bits per heavy atom. The van der Waals surface area contributed by atoms with E-state index in [-0.39, 0.29) is 22.9 Å². The molecule has 1 aromatic heterocycles. The maximum absolute atomic E-state index is 11.5. The van der Waals surface area contributed by atoms with Gasteiger partial charge in [-0.15, -0.1) is 0 Å². The lowest BCUT2D eigenvalue weighted by atomic mass is 10.1. The van der Waals surface area contributed by atoms with Gasteiger partial charge in [0.15, 0.2) is 0 Å². The number of nitro benzene ring substituents is 1. The summed E-state index contributed by atoms with van der Waals surface area (Å²) in [7, 11) is 0. The van der Waals surface area contributed by atoms with Gasteiger partial charge in [-0.2, -0.15) is 5.26 Å². The Hall–Kier alpha value is -3.21. The summed E-state index contributed by atoms with van der Waals surface area (Å²) in [6.07, 6.45) is 0. The van der Waals surface area contributed by atoms with Gasteiger partial charge in [0.05, 0.1) is 10.6 Å². The monoisotopic (exact) mass is 257 g/mol. The van der Waals surface area contributed by atoms with E-state index in [9.17, 15) is 14.9 Å². The highest BCUT2D eigenvalue weighted by atomic mass is 16.6. The zero-order valence-electron chi connectivity index (χ0n) is 9.45. The van der Waals surface area contributed by atoms with Gasteiger partial charge >= 0.3 is 0 Å². The Morgan fingerprint density at radius 3 is 2.53 bits per heavy atom. The number of nitriles is 1. The molecule has 0 atom stereocenters. The lowest BCUT2D eigenvalue weighted by molar-refractivity contribution is -0.384. The number of nitro groups is 1. The van der Waals surface area contributed by atoms with E-state index in [4.69, 9.17) is 11.0 Å². The van der Waals surface area contributed by atoms with Crippen molar-refractivity contribution in [2.45, 2.75) is 0 Å². The number of nitrogens with two attached hydrogens (primary N) is 1. The Morgan fingerprint density at radius 1 is 1.37 bits per heavy atom. The summed E-state index contributed by atoms with van der Waals surface area (Å²) < 4.78 is 0. The first-order valence-corrected chi connectivity index (χ1v) is 5.07. The van der Waals surface area contributed by atoms with E-state index >= 15 is 0 Å². The highest BCUT2D eigenvalue weighted by molar-refractivity contribution is 5.67. The molecule has 8 heteroatoms. The minimum absolute atomic E-state index is 0.0960. The molecule has 1 heterocycles. The van der Waals surface area contributed by atoms with Crippen LogP contribution in [0.1, 0.15) is 5.56 Å². The summed E-state index contributed by atoms with van der Waals surface area (Å²) in [6, 6.07) is 7.06. The standard InChI is InChI=1S/C11H7N5O3/c12-5-8-9(14-11(13)15-10(8)17)6-1-3-7(4-2-6)16(18)19/h1-4H,(H3,13,14,15,17). The maximum atomic E-state index is 11.5. The van der Waals surface area contributed by atoms with Crippen molar-refractivity contribution >= 4 is 11.6 Å². The number of H-pyrrole nitrogens is 1. The SMILES string of the molecule is N#Cc1c(-c2ccc([N+](=O)[O-])cc2)nc(N)[nH]c1=O. The highest BCUT2D eigenvalue weighted by Crippen LogP contribution is 2.22. The second kappa shape index (κ2) is 4.58. The predicted molar refractivity (Wildman–Crippen MR) is 66.1 cm³/mol. The van der Waals surface area contributed by atoms with Gasteiger partial charge in [0, 0.05) is 17.7 Å². The number of benzene rings is 1. The third-order valence-electron chi connectivity index (χ3n) is 2.40. The van der Waals surface area contributed by atoms with E-state index < -0.39 is 10.5 Å². The Bertz CT molecular complexity index is 742. The zero-order chi connectivity index (χ0) is 14.0. The molecule has 0 unspecified atom stereocenters. The second-order valence-electron chi connectivity index (χ2n) is 3.59. The Kier molecular flexibility index (Phi) is 2.95. The topological polar surface area (TPSA) is 139 Å². The van der Waals surface area contributed by atoms with Crippen molar-refractivity contribution in [2.75, 3.05) is 5.73 Å². The fourth-order valence-electron chi connectivity index (χ4n) is 1.54. The van der Waals surface area contributed by atoms with E-state index in [1.165, 1.54) is 24.3 Å². The molecule has 0 spiro atoms. The molecule has 0 radical (unpaired) electrons. The molecule has 94 valence electrons. The van der Waals surface area contributed by atoms with Crippen LogP contribution in [-0.2, 0) is 0 Å². The summed E-state index contributed by atoms with van der Waals surface area (Å²) in [5.74, 6) is -0.127. The van der Waals surface area contributed by atoms with E-state index in [0.717, 1.165) is 0 Å². The number of rotatable bonds is 2. The van der Waals surface area contributed by atoms with Crippen LogP contribution in [0.25, 0.3) is 11.3 Å². The quantitative estimate of drug-likeness (QED) is 0.602. The van der Waals surface area contributed by atoms with Crippen LogP contribution in [0.4, 0.5) is 11.6 Å². The first-order chi connectivity index (χ1) is 9.02. The predicted octanol–water partition coefficient (Wildman–Crippen LogP) is 0.799. The number of nitrogens with zero attached hydrogens (tertiary/aromatic N) is 3. The van der Waals surface area contributed by atoms with Crippen molar-refractivity contribution in [3.05, 3.63) is 50.3 Å². The van der Waals surface area contributed by atoms with Gasteiger partial charge in [0.25, 0.3) is 11.2 Å². The summed E-state index contributed by atoms with van der Waals surface area (Å²) in [6.45, 7) is 0. The molecule has 0 aliphatic heterocycles. The number of aromatic amines is 1. The average molecular weight is 257 g/mol. The van der Waals surface area contributed by atoms with Gasteiger partial charge in [0.2, 0.25) is 5.95 Å². The number of non-ortho nitro benzene ring substituents is 1. The van der Waals surface area contributed by atoms with Gasteiger partial charge in [-0.3, -0.25) is 19.9 Å². The zero-order valence-corrected chi connectivity index (χ0v) is 9.45. The van der Waals surface area contributed by atoms with E-state index in [0.29, 0.717) is 5.56 Å². The molecule has 0 saturated carbocycles. The van der Waals surface area contributed by atoms with Crippen LogP contribution in [0, 0.1) is 21.4 Å². The van der Waals surface area contributed by atoms with Crippen molar-refractivity contribution < 1.29 is 4.92 Å². The third-order valence-corrected chi connectivity index (χ3v) is 2.40. The molecule has 19 heavy (non-hydrogen) atoms. The molecule has 0 aliphatic carbocycles. The molecule has 0 fully saturated rings. The second-order valence-corrected chi connectivity index (χ2v) is 3.59. The molecule has 0 amide bonds. The van der Waals surface area contributed by atoms with Gasteiger partial charge in [-0.25, -0.2) is 4.98 Å².